The number of halogens is 3. The Balaban J connectivity index is 1.90. The highest BCUT2D eigenvalue weighted by Gasteiger charge is 2.10. The van der Waals surface area contributed by atoms with E-state index in [1.807, 2.05) is 0 Å². The normalized spacial score (nSPS) is 11.1. The maximum absolute atomic E-state index is 13.4. The number of hydrogen-bond donors (Lipinski definition) is 2. The van der Waals surface area contributed by atoms with Gasteiger partial charge in [0.15, 0.2) is 0 Å². The maximum atomic E-state index is 13.4. The summed E-state index contributed by atoms with van der Waals surface area (Å²) in [6, 6.07) is 7.62. The van der Waals surface area contributed by atoms with Crippen molar-refractivity contribution in [2.45, 2.75) is 13.3 Å². The monoisotopic (exact) mass is 349 g/mol. The second kappa shape index (κ2) is 8.09. The summed E-state index contributed by atoms with van der Waals surface area (Å²) in [5.74, 6) is -3.27. The lowest BCUT2D eigenvalue weighted by Gasteiger charge is -2.06. The van der Waals surface area contributed by atoms with Gasteiger partial charge in [0.05, 0.1) is 12.1 Å². The summed E-state index contributed by atoms with van der Waals surface area (Å²) in [5, 5.41) is 6.03. The Morgan fingerprint density at radius 3 is 2.28 bits per heavy atom. The molecule has 0 aromatic heterocycles. The lowest BCUT2D eigenvalue weighted by molar-refractivity contribution is -0.115. The molecule has 0 saturated heterocycles. The number of nitrogens with one attached hydrogen (secondary N) is 2. The Bertz CT molecular complexity index is 820. The molecule has 0 radical (unpaired) electrons. The summed E-state index contributed by atoms with van der Waals surface area (Å²) >= 11 is 0. The van der Waals surface area contributed by atoms with Crippen molar-refractivity contribution in [1.29, 1.82) is 0 Å². The molecule has 0 atom stereocenters. The van der Waals surface area contributed by atoms with E-state index in [-0.39, 0.29) is 23.4 Å². The van der Waals surface area contributed by atoms with Gasteiger partial charge in [-0.15, -0.1) is 0 Å². The molecule has 2 rings (SSSR count). The van der Waals surface area contributed by atoms with Crippen LogP contribution in [0.15, 0.2) is 47.6 Å². The number of anilines is 1. The maximum Gasteiger partial charge on any atom is 0.271 e. The molecule has 0 aliphatic carbocycles. The fourth-order valence-corrected chi connectivity index (χ4v) is 1.87. The lowest BCUT2D eigenvalue weighted by atomic mass is 10.2. The molecule has 5 nitrogen and oxygen atoms in total. The number of amides is 2. The molecule has 0 bridgehead atoms. The molecule has 2 N–H and O–H groups in total. The summed E-state index contributed by atoms with van der Waals surface area (Å²) in [6.45, 7) is 1.49. The molecule has 0 aliphatic heterocycles. The van der Waals surface area contributed by atoms with Crippen LogP contribution in [0.4, 0.5) is 18.9 Å². The third-order valence-electron chi connectivity index (χ3n) is 3.08. The minimum Gasteiger partial charge on any atom is -0.323 e. The van der Waals surface area contributed by atoms with Crippen molar-refractivity contribution in [2.75, 3.05) is 5.32 Å². The van der Waals surface area contributed by atoms with Gasteiger partial charge in [0, 0.05) is 17.3 Å². The van der Waals surface area contributed by atoms with Gasteiger partial charge in [0.25, 0.3) is 5.91 Å². The van der Waals surface area contributed by atoms with E-state index in [1.165, 1.54) is 19.1 Å². The van der Waals surface area contributed by atoms with Crippen molar-refractivity contribution in [2.24, 2.45) is 5.10 Å². The lowest BCUT2D eigenvalue weighted by Crippen LogP contribution is -2.21. The molecule has 2 aromatic carbocycles. The Kier molecular flexibility index (Phi) is 5.89. The van der Waals surface area contributed by atoms with Crippen molar-refractivity contribution >= 4 is 23.2 Å². The van der Waals surface area contributed by atoms with Crippen LogP contribution in [0.2, 0.25) is 0 Å². The highest BCUT2D eigenvalue weighted by Crippen LogP contribution is 2.15. The third-order valence-corrected chi connectivity index (χ3v) is 3.08. The molecule has 2 aromatic rings. The predicted molar refractivity (Wildman–Crippen MR) is 86.6 cm³/mol. The van der Waals surface area contributed by atoms with Gasteiger partial charge in [-0.2, -0.15) is 5.10 Å². The largest absolute Gasteiger partial charge is 0.323 e. The zero-order valence-corrected chi connectivity index (χ0v) is 13.1. The van der Waals surface area contributed by atoms with E-state index >= 15 is 0 Å². The first kappa shape index (κ1) is 18.2. The number of hydrazone groups is 1. The second-order valence-electron chi connectivity index (χ2n) is 5.14. The quantitative estimate of drug-likeness (QED) is 0.643. The minimum absolute atomic E-state index is 0.158. The van der Waals surface area contributed by atoms with Gasteiger partial charge < -0.3 is 5.32 Å². The fourth-order valence-electron chi connectivity index (χ4n) is 1.87. The van der Waals surface area contributed by atoms with Crippen LogP contribution >= 0.6 is 0 Å². The van der Waals surface area contributed by atoms with Crippen molar-refractivity contribution in [3.63, 3.8) is 0 Å². The van der Waals surface area contributed by atoms with Gasteiger partial charge in [-0.25, -0.2) is 18.6 Å². The number of carbonyl (C=O) groups excluding carboxylic acids is 2. The number of carbonyl (C=O) groups is 2. The van der Waals surface area contributed by atoms with Crippen LogP contribution in [0.1, 0.15) is 23.7 Å². The van der Waals surface area contributed by atoms with E-state index in [4.69, 9.17) is 0 Å². The number of nitrogens with zero attached hydrogens (tertiary/aromatic N) is 1. The van der Waals surface area contributed by atoms with Crippen LogP contribution in [0, 0.1) is 17.5 Å². The molecule has 0 saturated carbocycles. The molecule has 0 unspecified atom stereocenters. The molecular weight excluding hydrogens is 335 g/mol. The third kappa shape index (κ3) is 5.45. The molecule has 0 aliphatic rings. The van der Waals surface area contributed by atoms with E-state index in [2.05, 4.69) is 15.8 Å². The summed E-state index contributed by atoms with van der Waals surface area (Å²) in [6.07, 6.45) is -0.208. The molecular formula is C17H14F3N3O2. The second-order valence-corrected chi connectivity index (χ2v) is 5.14. The molecule has 0 fully saturated rings. The van der Waals surface area contributed by atoms with Crippen molar-refractivity contribution < 1.29 is 22.8 Å². The van der Waals surface area contributed by atoms with E-state index < -0.39 is 29.3 Å². The Labute approximate surface area is 141 Å². The summed E-state index contributed by atoms with van der Waals surface area (Å²) in [7, 11) is 0. The Morgan fingerprint density at radius 1 is 1.00 bits per heavy atom. The Morgan fingerprint density at radius 2 is 1.64 bits per heavy atom. The topological polar surface area (TPSA) is 70.6 Å². The van der Waals surface area contributed by atoms with Gasteiger partial charge >= 0.3 is 0 Å². The molecule has 2 amide bonds. The summed E-state index contributed by atoms with van der Waals surface area (Å²) in [5.41, 5.74) is 2.54. The summed E-state index contributed by atoms with van der Waals surface area (Å²) < 4.78 is 39.0. The van der Waals surface area contributed by atoms with Gasteiger partial charge in [-0.05, 0) is 43.3 Å². The van der Waals surface area contributed by atoms with Gasteiger partial charge in [0.1, 0.15) is 17.5 Å². The van der Waals surface area contributed by atoms with Crippen LogP contribution in [-0.2, 0) is 4.79 Å². The van der Waals surface area contributed by atoms with Crippen molar-refractivity contribution in [3.05, 3.63) is 65.5 Å². The number of benzene rings is 2. The first-order valence-corrected chi connectivity index (χ1v) is 7.19. The van der Waals surface area contributed by atoms with Crippen LogP contribution in [-0.4, -0.2) is 17.5 Å². The van der Waals surface area contributed by atoms with Crippen LogP contribution < -0.4 is 10.7 Å². The van der Waals surface area contributed by atoms with Gasteiger partial charge in [-0.1, -0.05) is 0 Å². The zero-order chi connectivity index (χ0) is 18.4. The highest BCUT2D eigenvalue weighted by molar-refractivity contribution is 6.06. The molecule has 130 valence electrons. The molecule has 0 spiro atoms. The average Bonchev–Trinajstić information content (AvgIpc) is 2.56. The SMILES string of the molecule is CC(CC(=O)Nc1ccc(F)cc1F)=NNC(=O)c1ccc(F)cc1. The molecule has 8 heteroatoms. The smallest absolute Gasteiger partial charge is 0.271 e. The first-order chi connectivity index (χ1) is 11.8. The zero-order valence-electron chi connectivity index (χ0n) is 13.1. The predicted octanol–water partition coefficient (Wildman–Crippen LogP) is 3.24. The van der Waals surface area contributed by atoms with Gasteiger partial charge in [-0.3, -0.25) is 9.59 Å². The van der Waals surface area contributed by atoms with Gasteiger partial charge in [0.2, 0.25) is 5.91 Å². The van der Waals surface area contributed by atoms with Crippen LogP contribution in [0.5, 0.6) is 0 Å². The number of rotatable bonds is 5. The van der Waals surface area contributed by atoms with E-state index in [1.54, 1.807) is 0 Å². The molecule has 0 heterocycles. The van der Waals surface area contributed by atoms with Crippen LogP contribution in [0.25, 0.3) is 0 Å². The minimum atomic E-state index is -0.896. The standard InChI is InChI=1S/C17H14F3N3O2/c1-10(22-23-17(25)11-2-4-12(18)5-3-11)8-16(24)21-15-7-6-13(19)9-14(15)20/h2-7,9H,8H2,1H3,(H,21,24)(H,23,25). The van der Waals surface area contributed by atoms with Crippen molar-refractivity contribution in [3.8, 4) is 0 Å². The van der Waals surface area contributed by atoms with Crippen LogP contribution in [0.3, 0.4) is 0 Å². The van der Waals surface area contributed by atoms with Crippen molar-refractivity contribution in [1.82, 2.24) is 5.43 Å². The van der Waals surface area contributed by atoms with E-state index in [0.717, 1.165) is 24.3 Å². The fraction of sp³-hybridized carbons (Fsp3) is 0.118. The van der Waals surface area contributed by atoms with E-state index in [0.29, 0.717) is 6.07 Å². The average molecular weight is 349 g/mol. The highest BCUT2D eigenvalue weighted by atomic mass is 19.1. The molecule has 25 heavy (non-hydrogen) atoms. The summed E-state index contributed by atoms with van der Waals surface area (Å²) in [4.78, 5) is 23.6. The Hall–Kier alpha value is -3.16. The first-order valence-electron chi connectivity index (χ1n) is 7.19. The van der Waals surface area contributed by atoms with E-state index in [9.17, 15) is 22.8 Å². The number of hydrogen-bond acceptors (Lipinski definition) is 3.